The molecule has 37 heavy (non-hydrogen) atoms. The van der Waals surface area contributed by atoms with Crippen LogP contribution in [0.3, 0.4) is 0 Å². The van der Waals surface area contributed by atoms with E-state index < -0.39 is 110 Å². The summed E-state index contributed by atoms with van der Waals surface area (Å²) >= 11 is 0. The van der Waals surface area contributed by atoms with E-state index in [0.717, 1.165) is 6.92 Å². The van der Waals surface area contributed by atoms with E-state index in [1.807, 2.05) is 16.0 Å². The first kappa shape index (κ1) is 33.1. The van der Waals surface area contributed by atoms with Gasteiger partial charge >= 0.3 is 11.9 Å². The van der Waals surface area contributed by atoms with E-state index in [1.165, 1.54) is 0 Å². The smallest absolute Gasteiger partial charge is 0.328 e. The van der Waals surface area contributed by atoms with Gasteiger partial charge in [-0.2, -0.15) is 0 Å². The average Bonchev–Trinajstić information content (AvgIpc) is 2.80. The van der Waals surface area contributed by atoms with Crippen molar-refractivity contribution >= 4 is 41.5 Å². The first-order chi connectivity index (χ1) is 17.1. The van der Waals surface area contributed by atoms with Crippen molar-refractivity contribution < 1.29 is 59.1 Å². The van der Waals surface area contributed by atoms with Crippen LogP contribution < -0.4 is 32.7 Å². The van der Waals surface area contributed by atoms with Gasteiger partial charge in [0.1, 0.15) is 24.2 Å². The number of amides is 5. The molecule has 0 unspecified atom stereocenters. The van der Waals surface area contributed by atoms with Crippen LogP contribution in [0.25, 0.3) is 0 Å². The molecule has 18 heteroatoms. The number of rotatable bonds is 17. The Bertz CT molecular complexity index is 866. The minimum Gasteiger partial charge on any atom is -0.481 e. The Balaban J connectivity index is 5.61. The molecule has 0 bridgehead atoms. The molecule has 0 spiro atoms. The van der Waals surface area contributed by atoms with Crippen LogP contribution in [-0.2, 0) is 33.6 Å². The molecule has 0 heterocycles. The van der Waals surface area contributed by atoms with Crippen LogP contribution in [0.15, 0.2) is 0 Å². The monoisotopic (exact) mass is 536 g/mol. The van der Waals surface area contributed by atoms with Gasteiger partial charge < -0.3 is 58.3 Å². The van der Waals surface area contributed by atoms with Crippen LogP contribution in [0.4, 0.5) is 0 Å². The molecule has 6 atom stereocenters. The second-order valence-corrected chi connectivity index (χ2v) is 7.82. The van der Waals surface area contributed by atoms with Crippen molar-refractivity contribution in [1.82, 2.24) is 21.3 Å². The lowest BCUT2D eigenvalue weighted by atomic mass is 10.1. The maximum Gasteiger partial charge on any atom is 0.328 e. The number of nitrogens with two attached hydrogens (primary N) is 2. The lowest BCUT2D eigenvalue weighted by Crippen LogP contribution is -2.61. The number of carbonyl (C=O) groups is 7. The predicted molar refractivity (Wildman–Crippen MR) is 120 cm³/mol. The van der Waals surface area contributed by atoms with Crippen LogP contribution in [-0.4, -0.2) is 117 Å². The molecule has 0 rings (SSSR count). The van der Waals surface area contributed by atoms with E-state index in [-0.39, 0.29) is 0 Å². The number of aliphatic carboxylic acids is 2. The summed E-state index contributed by atoms with van der Waals surface area (Å²) in [5.41, 5.74) is 10.5. The quantitative estimate of drug-likeness (QED) is 0.0824. The maximum absolute atomic E-state index is 12.7. The summed E-state index contributed by atoms with van der Waals surface area (Å²) in [4.78, 5) is 82.6. The largest absolute Gasteiger partial charge is 0.481 e. The summed E-state index contributed by atoms with van der Waals surface area (Å²) in [5, 5.41) is 54.1. The van der Waals surface area contributed by atoms with Crippen LogP contribution >= 0.6 is 0 Å². The van der Waals surface area contributed by atoms with Crippen molar-refractivity contribution in [1.29, 1.82) is 0 Å². The number of primary amides is 1. The van der Waals surface area contributed by atoms with Crippen molar-refractivity contribution in [2.24, 2.45) is 11.5 Å². The molecule has 0 aliphatic heterocycles. The third kappa shape index (κ3) is 12.1. The summed E-state index contributed by atoms with van der Waals surface area (Å²) < 4.78 is 0. The Morgan fingerprint density at radius 1 is 0.757 bits per heavy atom. The number of carbonyl (C=O) groups excluding carboxylic acids is 5. The normalized spacial score (nSPS) is 15.6. The molecular formula is C19H32N6O12. The molecular weight excluding hydrogens is 504 g/mol. The third-order valence-electron chi connectivity index (χ3n) is 4.72. The number of hydrogen-bond donors (Lipinski definition) is 11. The van der Waals surface area contributed by atoms with Gasteiger partial charge in [-0.1, -0.05) is 0 Å². The fourth-order valence-electron chi connectivity index (χ4n) is 2.69. The third-order valence-corrected chi connectivity index (χ3v) is 4.72. The van der Waals surface area contributed by atoms with Gasteiger partial charge in [-0.05, 0) is 13.3 Å². The van der Waals surface area contributed by atoms with Crippen molar-refractivity contribution in [3.05, 3.63) is 0 Å². The minimum atomic E-state index is -1.74. The lowest BCUT2D eigenvalue weighted by Gasteiger charge is -2.26. The molecule has 0 fully saturated rings. The number of nitrogens with one attached hydrogen (secondary N) is 4. The number of aliphatic hydroxyl groups excluding tert-OH is 3. The van der Waals surface area contributed by atoms with Crippen LogP contribution in [0.2, 0.25) is 0 Å². The molecule has 0 radical (unpaired) electrons. The van der Waals surface area contributed by atoms with Gasteiger partial charge in [0.15, 0.2) is 0 Å². The zero-order valence-corrected chi connectivity index (χ0v) is 19.7. The first-order valence-electron chi connectivity index (χ1n) is 10.7. The molecule has 5 amide bonds. The SMILES string of the molecule is C[C@@H](O)[C@H](NC(=O)[C@@H](N)CC(=O)O)C(=O)N[C@@H](CCC(N)=O)C(=O)N[C@@H](CO)C(=O)N[C@@H](CO)C(=O)O. The van der Waals surface area contributed by atoms with Crippen LogP contribution in [0.1, 0.15) is 26.2 Å². The van der Waals surface area contributed by atoms with Gasteiger partial charge in [-0.15, -0.1) is 0 Å². The molecule has 0 aliphatic carbocycles. The van der Waals surface area contributed by atoms with Gasteiger partial charge in [0, 0.05) is 6.42 Å². The predicted octanol–water partition coefficient (Wildman–Crippen LogP) is -6.56. The van der Waals surface area contributed by atoms with Gasteiger partial charge in [0.2, 0.25) is 29.5 Å². The van der Waals surface area contributed by atoms with Crippen molar-refractivity contribution in [2.45, 2.75) is 62.5 Å². The maximum atomic E-state index is 12.7. The van der Waals surface area contributed by atoms with Gasteiger partial charge in [-0.3, -0.25) is 28.8 Å². The number of aliphatic hydroxyl groups is 3. The van der Waals surface area contributed by atoms with E-state index in [1.54, 1.807) is 0 Å². The van der Waals surface area contributed by atoms with Crippen LogP contribution in [0.5, 0.6) is 0 Å². The summed E-state index contributed by atoms with van der Waals surface area (Å²) in [6.07, 6.45) is -3.23. The van der Waals surface area contributed by atoms with E-state index in [9.17, 15) is 43.8 Å². The molecule has 0 aromatic carbocycles. The molecule has 18 nitrogen and oxygen atoms in total. The number of carboxylic acids is 2. The molecule has 0 saturated carbocycles. The fraction of sp³-hybridized carbons (Fsp3) is 0.632. The minimum absolute atomic E-state index is 0.430. The molecule has 210 valence electrons. The lowest BCUT2D eigenvalue weighted by molar-refractivity contribution is -0.143. The molecule has 0 aromatic heterocycles. The van der Waals surface area contributed by atoms with Gasteiger partial charge in [-0.25, -0.2) is 4.79 Å². The zero-order valence-electron chi connectivity index (χ0n) is 19.7. The highest BCUT2D eigenvalue weighted by Crippen LogP contribution is 2.03. The average molecular weight is 536 g/mol. The van der Waals surface area contributed by atoms with Gasteiger partial charge in [0.05, 0.1) is 31.8 Å². The highest BCUT2D eigenvalue weighted by molar-refractivity contribution is 5.96. The van der Waals surface area contributed by atoms with Crippen molar-refractivity contribution in [3.63, 3.8) is 0 Å². The first-order valence-corrected chi connectivity index (χ1v) is 10.7. The summed E-state index contributed by atoms with van der Waals surface area (Å²) in [6.45, 7) is -0.926. The van der Waals surface area contributed by atoms with Crippen molar-refractivity contribution in [2.75, 3.05) is 13.2 Å². The number of hydrogen-bond acceptors (Lipinski definition) is 11. The fourth-order valence-corrected chi connectivity index (χ4v) is 2.69. The Morgan fingerprint density at radius 3 is 1.68 bits per heavy atom. The highest BCUT2D eigenvalue weighted by atomic mass is 16.4. The molecule has 0 saturated heterocycles. The highest BCUT2D eigenvalue weighted by Gasteiger charge is 2.33. The summed E-state index contributed by atoms with van der Waals surface area (Å²) in [6, 6.07) is -8.39. The summed E-state index contributed by atoms with van der Waals surface area (Å²) in [5.74, 6) is -8.48. The standard InChI is InChI=1S/C19H32N6O12/c1-7(28)14(25-15(32)8(20)4-13(30)31)18(35)22-9(2-3-12(21)29)16(33)23-10(5-26)17(34)24-11(6-27)19(36)37/h7-11,14,26-28H,2-6,20H2,1H3,(H2,21,29)(H,22,35)(H,23,33)(H,24,34)(H,25,32)(H,30,31)(H,36,37)/t7-,8+,9+,10+,11+,14+/m1/s1. The van der Waals surface area contributed by atoms with Gasteiger partial charge in [0.25, 0.3) is 0 Å². The zero-order chi connectivity index (χ0) is 28.9. The molecule has 13 N–H and O–H groups in total. The number of carboxylic acid groups (broad SMARTS) is 2. The Labute approximate surface area is 209 Å². The van der Waals surface area contributed by atoms with E-state index >= 15 is 0 Å². The van der Waals surface area contributed by atoms with Crippen molar-refractivity contribution in [3.8, 4) is 0 Å². The van der Waals surface area contributed by atoms with E-state index in [0.29, 0.717) is 0 Å². The summed E-state index contributed by atoms with van der Waals surface area (Å²) in [7, 11) is 0. The van der Waals surface area contributed by atoms with Crippen LogP contribution in [0, 0.1) is 0 Å². The molecule has 0 aromatic rings. The molecule has 0 aliphatic rings. The topological polar surface area (TPSA) is 321 Å². The Hall–Kier alpha value is -3.87. The van der Waals surface area contributed by atoms with E-state index in [2.05, 4.69) is 5.32 Å². The second-order valence-electron chi connectivity index (χ2n) is 7.82. The van der Waals surface area contributed by atoms with E-state index in [4.69, 9.17) is 26.8 Å². The Morgan fingerprint density at radius 2 is 1.24 bits per heavy atom. The Kier molecular flexibility index (Phi) is 14.3. The second kappa shape index (κ2) is 16.0.